The van der Waals surface area contributed by atoms with Crippen LogP contribution in [0.25, 0.3) is 0 Å². The largest absolute Gasteiger partial charge is 0.378 e. The molecule has 0 bridgehead atoms. The summed E-state index contributed by atoms with van der Waals surface area (Å²) in [6.45, 7) is 1.81. The third-order valence-corrected chi connectivity index (χ3v) is 6.96. The number of aliphatic hydroxyl groups is 1. The van der Waals surface area contributed by atoms with E-state index in [0.29, 0.717) is 12.3 Å². The van der Waals surface area contributed by atoms with E-state index in [4.69, 9.17) is 0 Å². The second-order valence-electron chi connectivity index (χ2n) is 8.62. The van der Waals surface area contributed by atoms with Gasteiger partial charge in [-0.05, 0) is 80.2 Å². The van der Waals surface area contributed by atoms with Gasteiger partial charge in [-0.1, -0.05) is 42.3 Å². The minimum atomic E-state index is -0.876. The normalized spacial score (nSPS) is 27.8. The minimum absolute atomic E-state index is 0.0161. The molecule has 4 rings (SSSR count). The molecule has 3 heteroatoms. The smallest absolute Gasteiger partial charge is 0.251 e. The highest BCUT2D eigenvalue weighted by atomic mass is 16.3. The Morgan fingerprint density at radius 2 is 2.00 bits per heavy atom. The van der Waals surface area contributed by atoms with Crippen LogP contribution in [-0.4, -0.2) is 23.7 Å². The molecule has 29 heavy (non-hydrogen) atoms. The van der Waals surface area contributed by atoms with Crippen molar-refractivity contribution in [1.82, 2.24) is 5.32 Å². The number of fused-ring (bicyclic) bond motifs is 3. The zero-order chi connectivity index (χ0) is 20.5. The second kappa shape index (κ2) is 7.69. The van der Waals surface area contributed by atoms with Crippen LogP contribution in [0, 0.1) is 17.8 Å². The van der Waals surface area contributed by atoms with Gasteiger partial charge < -0.3 is 10.4 Å². The van der Waals surface area contributed by atoms with Gasteiger partial charge in [0.05, 0.1) is 0 Å². The van der Waals surface area contributed by atoms with Crippen LogP contribution >= 0.6 is 0 Å². The molecule has 0 aromatic heterocycles. The highest BCUT2D eigenvalue weighted by Gasteiger charge is 2.51. The van der Waals surface area contributed by atoms with Crippen LogP contribution in [0.2, 0.25) is 0 Å². The van der Waals surface area contributed by atoms with Crippen molar-refractivity contribution >= 4 is 5.91 Å². The Balaban J connectivity index is 1.79. The summed E-state index contributed by atoms with van der Waals surface area (Å²) < 4.78 is 0. The SMILES string of the molecule is CC#C[C@@]1(O)CC[C@@]2(Cc3ccccc3)c3ccc(C(=O)NC)cc3CC[C@@H]2C1. The first kappa shape index (κ1) is 19.7. The van der Waals surface area contributed by atoms with Gasteiger partial charge in [-0.2, -0.15) is 0 Å². The first-order valence-electron chi connectivity index (χ1n) is 10.6. The lowest BCUT2D eigenvalue weighted by molar-refractivity contribution is -0.00801. The van der Waals surface area contributed by atoms with Gasteiger partial charge in [-0.15, -0.1) is 5.92 Å². The predicted molar refractivity (Wildman–Crippen MR) is 116 cm³/mol. The molecule has 2 aromatic rings. The van der Waals surface area contributed by atoms with Crippen LogP contribution in [-0.2, 0) is 18.3 Å². The van der Waals surface area contributed by atoms with E-state index in [0.717, 1.165) is 37.7 Å². The molecule has 0 aliphatic heterocycles. The molecule has 0 heterocycles. The van der Waals surface area contributed by atoms with Crippen molar-refractivity contribution in [1.29, 1.82) is 0 Å². The van der Waals surface area contributed by atoms with E-state index < -0.39 is 5.60 Å². The number of hydrogen-bond acceptors (Lipinski definition) is 2. The molecule has 0 unspecified atom stereocenters. The fourth-order valence-electron chi connectivity index (χ4n) is 5.61. The third kappa shape index (κ3) is 3.58. The molecule has 2 aromatic carbocycles. The molecule has 1 fully saturated rings. The van der Waals surface area contributed by atoms with Crippen molar-refractivity contribution in [2.75, 3.05) is 7.05 Å². The summed E-state index contributed by atoms with van der Waals surface area (Å²) >= 11 is 0. The summed E-state index contributed by atoms with van der Waals surface area (Å²) in [6.07, 6.45) is 5.23. The molecule has 1 amide bonds. The number of hydrogen-bond donors (Lipinski definition) is 2. The summed E-state index contributed by atoms with van der Waals surface area (Å²) in [5.74, 6) is 6.36. The van der Waals surface area contributed by atoms with Gasteiger partial charge in [0.1, 0.15) is 5.60 Å². The van der Waals surface area contributed by atoms with Gasteiger partial charge >= 0.3 is 0 Å². The Morgan fingerprint density at radius 1 is 1.21 bits per heavy atom. The summed E-state index contributed by atoms with van der Waals surface area (Å²) in [6, 6.07) is 16.9. The fraction of sp³-hybridized carbons (Fsp3) is 0.423. The molecule has 2 aliphatic carbocycles. The molecule has 3 atom stereocenters. The highest BCUT2D eigenvalue weighted by Crippen LogP contribution is 2.54. The van der Waals surface area contributed by atoms with Crippen LogP contribution in [0.15, 0.2) is 48.5 Å². The summed E-state index contributed by atoms with van der Waals surface area (Å²) in [7, 11) is 1.67. The summed E-state index contributed by atoms with van der Waals surface area (Å²) in [4.78, 5) is 12.2. The quantitative estimate of drug-likeness (QED) is 0.782. The van der Waals surface area contributed by atoms with E-state index in [9.17, 15) is 9.90 Å². The standard InChI is InChI=1S/C26H29NO2/c1-3-13-25(29)14-15-26(17-19-7-5-4-6-8-19)22(18-25)11-9-20-16-21(24(28)27-2)10-12-23(20)26/h4-8,10,12,16,22,29H,9,11,14-15,17-18H2,1-2H3,(H,27,28)/t22-,25-,26+/m1/s1. The Hall–Kier alpha value is -2.57. The van der Waals surface area contributed by atoms with Crippen molar-refractivity contribution in [2.24, 2.45) is 5.92 Å². The monoisotopic (exact) mass is 387 g/mol. The average molecular weight is 388 g/mol. The molecule has 3 nitrogen and oxygen atoms in total. The lowest BCUT2D eigenvalue weighted by Gasteiger charge is -2.52. The van der Waals surface area contributed by atoms with Gasteiger partial charge in [0.2, 0.25) is 0 Å². The van der Waals surface area contributed by atoms with E-state index in [2.05, 4.69) is 59.6 Å². The molecule has 0 spiro atoms. The molecule has 2 aliphatic rings. The van der Waals surface area contributed by atoms with Gasteiger partial charge in [0, 0.05) is 18.0 Å². The second-order valence-corrected chi connectivity index (χ2v) is 8.62. The zero-order valence-corrected chi connectivity index (χ0v) is 17.3. The van der Waals surface area contributed by atoms with Crippen LogP contribution < -0.4 is 5.32 Å². The van der Waals surface area contributed by atoms with Gasteiger partial charge in [0.25, 0.3) is 5.91 Å². The summed E-state index contributed by atoms with van der Waals surface area (Å²) in [5.41, 5.74) is 3.80. The first-order chi connectivity index (χ1) is 14.0. The molecule has 0 radical (unpaired) electrons. The van der Waals surface area contributed by atoms with Crippen molar-refractivity contribution in [2.45, 2.75) is 56.5 Å². The Kier molecular flexibility index (Phi) is 5.23. The first-order valence-corrected chi connectivity index (χ1v) is 10.6. The van der Waals surface area contributed by atoms with E-state index in [1.165, 1.54) is 16.7 Å². The molecular weight excluding hydrogens is 358 g/mol. The van der Waals surface area contributed by atoms with Crippen molar-refractivity contribution in [3.8, 4) is 11.8 Å². The maximum Gasteiger partial charge on any atom is 0.251 e. The maximum absolute atomic E-state index is 12.2. The lowest BCUT2D eigenvalue weighted by atomic mass is 9.52. The molecule has 2 N–H and O–H groups in total. The van der Waals surface area contributed by atoms with Crippen molar-refractivity contribution in [3.63, 3.8) is 0 Å². The maximum atomic E-state index is 12.2. The number of nitrogens with one attached hydrogen (secondary N) is 1. The molecular formula is C26H29NO2. The van der Waals surface area contributed by atoms with Crippen LogP contribution in [0.3, 0.4) is 0 Å². The van der Waals surface area contributed by atoms with Gasteiger partial charge in [0.15, 0.2) is 0 Å². The van der Waals surface area contributed by atoms with E-state index in [1.54, 1.807) is 14.0 Å². The van der Waals surface area contributed by atoms with Crippen molar-refractivity contribution in [3.05, 3.63) is 70.8 Å². The molecule has 1 saturated carbocycles. The lowest BCUT2D eigenvalue weighted by Crippen LogP contribution is -2.51. The van der Waals surface area contributed by atoms with Crippen LogP contribution in [0.5, 0.6) is 0 Å². The Labute approximate surface area is 173 Å². The van der Waals surface area contributed by atoms with Crippen LogP contribution in [0.4, 0.5) is 0 Å². The highest BCUT2D eigenvalue weighted by molar-refractivity contribution is 5.94. The molecule has 150 valence electrons. The number of amides is 1. The minimum Gasteiger partial charge on any atom is -0.378 e. The third-order valence-electron chi connectivity index (χ3n) is 6.96. The number of benzene rings is 2. The zero-order valence-electron chi connectivity index (χ0n) is 17.3. The van der Waals surface area contributed by atoms with E-state index in [1.807, 2.05) is 6.07 Å². The average Bonchev–Trinajstić information content (AvgIpc) is 2.74. The summed E-state index contributed by atoms with van der Waals surface area (Å²) in [5, 5.41) is 13.8. The number of aryl methyl sites for hydroxylation is 1. The Bertz CT molecular complexity index is 971. The van der Waals surface area contributed by atoms with Crippen molar-refractivity contribution < 1.29 is 9.90 Å². The van der Waals surface area contributed by atoms with Gasteiger partial charge in [-0.25, -0.2) is 0 Å². The number of carbonyl (C=O) groups excluding carboxylic acids is 1. The van der Waals surface area contributed by atoms with Crippen LogP contribution in [0.1, 0.15) is 59.7 Å². The van der Waals surface area contributed by atoms with E-state index >= 15 is 0 Å². The van der Waals surface area contributed by atoms with E-state index in [-0.39, 0.29) is 11.3 Å². The number of carbonyl (C=O) groups is 1. The number of rotatable bonds is 3. The van der Waals surface area contributed by atoms with Gasteiger partial charge in [-0.3, -0.25) is 4.79 Å². The Morgan fingerprint density at radius 3 is 2.72 bits per heavy atom. The predicted octanol–water partition coefficient (Wildman–Crippen LogP) is 4.03. The molecule has 0 saturated heterocycles. The fourth-order valence-corrected chi connectivity index (χ4v) is 5.61. The topological polar surface area (TPSA) is 49.3 Å².